The molecule has 0 heterocycles. The molecule has 0 aromatic rings. The molecule has 1 saturated carbocycles. The Morgan fingerprint density at radius 2 is 1.26 bits per heavy atom. The van der Waals surface area contributed by atoms with Crippen molar-refractivity contribution in [2.45, 2.75) is 61.7 Å². The third kappa shape index (κ3) is 2.30. The lowest BCUT2D eigenvalue weighted by Gasteiger charge is -2.43. The number of halogens is 12. The summed E-state index contributed by atoms with van der Waals surface area (Å²) in [7, 11) is 0. The third-order valence-corrected chi connectivity index (χ3v) is 4.00. The van der Waals surface area contributed by atoms with Gasteiger partial charge in [-0.05, 0) is 12.8 Å². The number of hydrogen-bond donors (Lipinski definition) is 0. The predicted molar refractivity (Wildman–Crippen MR) is 52.7 cm³/mol. The van der Waals surface area contributed by atoms with Gasteiger partial charge in [0, 0.05) is 12.3 Å². The SMILES string of the molecule is CCC1CCC(F)(F)C1(F)C(F)(F)C(F)(F)C(F)(F)C(F)(F)F. The second kappa shape index (κ2) is 5.08. The van der Waals surface area contributed by atoms with Crippen molar-refractivity contribution in [1.29, 1.82) is 0 Å². The molecular formula is C11H10F12. The van der Waals surface area contributed by atoms with Crippen LogP contribution in [0.5, 0.6) is 0 Å². The van der Waals surface area contributed by atoms with Gasteiger partial charge in [0.1, 0.15) is 0 Å². The first-order chi connectivity index (χ1) is 9.92. The molecule has 0 aromatic carbocycles. The van der Waals surface area contributed by atoms with Crippen LogP contribution in [0.3, 0.4) is 0 Å². The number of hydrogen-bond acceptors (Lipinski definition) is 0. The molecule has 0 aromatic heterocycles. The molecule has 0 radical (unpaired) electrons. The molecule has 0 bridgehead atoms. The summed E-state index contributed by atoms with van der Waals surface area (Å²) in [5.74, 6) is -29.5. The smallest absolute Gasteiger partial charge is 0.230 e. The van der Waals surface area contributed by atoms with E-state index >= 15 is 0 Å². The van der Waals surface area contributed by atoms with Crippen LogP contribution in [0.25, 0.3) is 0 Å². The lowest BCUT2D eigenvalue weighted by atomic mass is 9.78. The van der Waals surface area contributed by atoms with E-state index in [9.17, 15) is 52.7 Å². The van der Waals surface area contributed by atoms with Gasteiger partial charge in [-0.25, -0.2) is 13.2 Å². The molecule has 1 fully saturated rings. The molecule has 0 N–H and O–H groups in total. The van der Waals surface area contributed by atoms with Crippen molar-refractivity contribution in [2.75, 3.05) is 0 Å². The van der Waals surface area contributed by atoms with Crippen LogP contribution in [0.15, 0.2) is 0 Å². The Labute approximate surface area is 121 Å². The van der Waals surface area contributed by atoms with Crippen molar-refractivity contribution in [3.05, 3.63) is 0 Å². The van der Waals surface area contributed by atoms with Gasteiger partial charge in [0.2, 0.25) is 5.67 Å². The van der Waals surface area contributed by atoms with Gasteiger partial charge in [0.25, 0.3) is 5.92 Å². The molecule has 1 aliphatic rings. The summed E-state index contributed by atoms with van der Waals surface area (Å²) in [5, 5.41) is 0. The Hall–Kier alpha value is -0.840. The molecule has 0 aliphatic heterocycles. The maximum absolute atomic E-state index is 14.3. The highest BCUT2D eigenvalue weighted by Crippen LogP contribution is 2.65. The van der Waals surface area contributed by atoms with Crippen LogP contribution in [-0.4, -0.2) is 35.5 Å². The van der Waals surface area contributed by atoms with E-state index in [-0.39, 0.29) is 0 Å². The average molecular weight is 370 g/mol. The van der Waals surface area contributed by atoms with Gasteiger partial charge >= 0.3 is 23.9 Å². The molecule has 1 aliphatic carbocycles. The molecule has 0 saturated heterocycles. The van der Waals surface area contributed by atoms with E-state index in [1.807, 2.05) is 0 Å². The van der Waals surface area contributed by atoms with E-state index in [0.717, 1.165) is 6.92 Å². The Bertz CT molecular complexity index is 450. The molecule has 2 unspecified atom stereocenters. The maximum atomic E-state index is 14.3. The molecule has 0 amide bonds. The summed E-state index contributed by atoms with van der Waals surface area (Å²) in [5.41, 5.74) is -5.53. The minimum Gasteiger partial charge on any atom is -0.230 e. The first-order valence-electron chi connectivity index (χ1n) is 6.18. The largest absolute Gasteiger partial charge is 0.460 e. The second-order valence-electron chi connectivity index (χ2n) is 5.28. The van der Waals surface area contributed by atoms with Gasteiger partial charge in [-0.2, -0.15) is 39.5 Å². The molecule has 0 spiro atoms. The summed E-state index contributed by atoms with van der Waals surface area (Å²) in [6.07, 6.45) is -10.8. The van der Waals surface area contributed by atoms with Crippen molar-refractivity contribution in [2.24, 2.45) is 5.92 Å². The highest BCUT2D eigenvalue weighted by molar-refractivity contribution is 5.19. The predicted octanol–water partition coefficient (Wildman–Crippen LogP) is 5.62. The average Bonchev–Trinajstić information content (AvgIpc) is 2.59. The number of alkyl halides is 12. The Kier molecular flexibility index (Phi) is 4.46. The van der Waals surface area contributed by atoms with Crippen molar-refractivity contribution >= 4 is 0 Å². The molecular weight excluding hydrogens is 360 g/mol. The summed E-state index contributed by atoms with van der Waals surface area (Å²) in [6.45, 7) is 0.844. The van der Waals surface area contributed by atoms with Crippen molar-refractivity contribution < 1.29 is 52.7 Å². The lowest BCUT2D eigenvalue weighted by Crippen LogP contribution is -2.71. The summed E-state index contributed by atoms with van der Waals surface area (Å²) in [4.78, 5) is 0. The van der Waals surface area contributed by atoms with Crippen molar-refractivity contribution in [3.63, 3.8) is 0 Å². The summed E-state index contributed by atoms with van der Waals surface area (Å²) >= 11 is 0. The minimum absolute atomic E-state index is 0.844. The summed E-state index contributed by atoms with van der Waals surface area (Å²) < 4.78 is 156. The molecule has 12 heteroatoms. The minimum atomic E-state index is -7.41. The quantitative estimate of drug-likeness (QED) is 0.564. The topological polar surface area (TPSA) is 0 Å². The van der Waals surface area contributed by atoms with E-state index in [1.54, 1.807) is 0 Å². The third-order valence-electron chi connectivity index (χ3n) is 4.00. The Balaban J connectivity index is 3.55. The zero-order valence-corrected chi connectivity index (χ0v) is 11.2. The van der Waals surface area contributed by atoms with Crippen LogP contribution in [0.4, 0.5) is 52.7 Å². The van der Waals surface area contributed by atoms with Crippen LogP contribution in [0.1, 0.15) is 26.2 Å². The van der Waals surface area contributed by atoms with E-state index in [1.165, 1.54) is 0 Å². The van der Waals surface area contributed by atoms with Gasteiger partial charge in [-0.3, -0.25) is 0 Å². The van der Waals surface area contributed by atoms with E-state index < -0.39 is 60.7 Å². The first-order valence-corrected chi connectivity index (χ1v) is 6.18. The maximum Gasteiger partial charge on any atom is 0.460 e. The highest BCUT2D eigenvalue weighted by Gasteiger charge is 2.91. The van der Waals surface area contributed by atoms with Crippen LogP contribution < -0.4 is 0 Å². The Morgan fingerprint density at radius 1 is 0.826 bits per heavy atom. The van der Waals surface area contributed by atoms with Crippen LogP contribution in [-0.2, 0) is 0 Å². The number of rotatable bonds is 4. The van der Waals surface area contributed by atoms with Gasteiger partial charge < -0.3 is 0 Å². The molecule has 1 rings (SSSR count). The fourth-order valence-corrected chi connectivity index (χ4v) is 2.61. The molecule has 2 atom stereocenters. The van der Waals surface area contributed by atoms with Crippen LogP contribution in [0, 0.1) is 5.92 Å². The molecule has 0 nitrogen and oxygen atoms in total. The fourth-order valence-electron chi connectivity index (χ4n) is 2.61. The normalized spacial score (nSPS) is 29.9. The summed E-state index contributed by atoms with van der Waals surface area (Å²) in [6, 6.07) is 0. The molecule has 138 valence electrons. The van der Waals surface area contributed by atoms with Crippen molar-refractivity contribution in [3.8, 4) is 0 Å². The zero-order valence-electron chi connectivity index (χ0n) is 11.2. The standard InChI is InChI=1S/C11H10F12/c1-2-5-3-4-6(12,13)7(5,14)8(15,16)9(17,18)10(19,20)11(21,22)23/h5H,2-4H2,1H3. The van der Waals surface area contributed by atoms with Gasteiger partial charge in [-0.1, -0.05) is 6.92 Å². The van der Waals surface area contributed by atoms with Gasteiger partial charge in [0.05, 0.1) is 0 Å². The molecule has 23 heavy (non-hydrogen) atoms. The van der Waals surface area contributed by atoms with E-state index in [0.29, 0.717) is 0 Å². The monoisotopic (exact) mass is 370 g/mol. The van der Waals surface area contributed by atoms with Gasteiger partial charge in [-0.15, -0.1) is 0 Å². The zero-order chi connectivity index (χ0) is 18.7. The lowest BCUT2D eigenvalue weighted by molar-refractivity contribution is -0.424. The Morgan fingerprint density at radius 3 is 1.61 bits per heavy atom. The first kappa shape index (κ1) is 20.2. The van der Waals surface area contributed by atoms with Crippen LogP contribution in [0.2, 0.25) is 0 Å². The highest BCUT2D eigenvalue weighted by atomic mass is 19.4. The van der Waals surface area contributed by atoms with Crippen molar-refractivity contribution in [1.82, 2.24) is 0 Å². The van der Waals surface area contributed by atoms with Crippen LogP contribution >= 0.6 is 0 Å². The van der Waals surface area contributed by atoms with E-state index in [4.69, 9.17) is 0 Å². The van der Waals surface area contributed by atoms with E-state index in [2.05, 4.69) is 0 Å². The van der Waals surface area contributed by atoms with Gasteiger partial charge in [0.15, 0.2) is 0 Å². The fraction of sp³-hybridized carbons (Fsp3) is 1.00. The second-order valence-corrected chi connectivity index (χ2v) is 5.28.